The fourth-order valence-electron chi connectivity index (χ4n) is 4.77. The van der Waals surface area contributed by atoms with E-state index in [2.05, 4.69) is 37.1 Å². The summed E-state index contributed by atoms with van der Waals surface area (Å²) in [6.45, 7) is 8.58. The van der Waals surface area contributed by atoms with Gasteiger partial charge in [0, 0.05) is 50.9 Å². The summed E-state index contributed by atoms with van der Waals surface area (Å²) in [5.41, 5.74) is 3.00. The fraction of sp³-hybridized carbons (Fsp3) is 0.600. The molecule has 5 nitrogen and oxygen atoms in total. The number of halogens is 1. The lowest BCUT2D eigenvalue weighted by Crippen LogP contribution is -2.46. The number of benzene rings is 1. The quantitative estimate of drug-likeness (QED) is 0.633. The smallest absolute Gasteiger partial charge is 0.222 e. The Bertz CT molecular complexity index is 870. The summed E-state index contributed by atoms with van der Waals surface area (Å²) in [7, 11) is 4.07. The summed E-state index contributed by atoms with van der Waals surface area (Å²) in [6.07, 6.45) is 5.27. The first kappa shape index (κ1) is 23.5. The van der Waals surface area contributed by atoms with Crippen molar-refractivity contribution >= 4 is 5.91 Å². The van der Waals surface area contributed by atoms with Crippen LogP contribution in [0.2, 0.25) is 0 Å². The van der Waals surface area contributed by atoms with Gasteiger partial charge in [-0.2, -0.15) is 5.10 Å². The molecule has 0 saturated carbocycles. The summed E-state index contributed by atoms with van der Waals surface area (Å²) >= 11 is 0. The predicted octanol–water partition coefficient (Wildman–Crippen LogP) is 4.20. The molecule has 2 aromatic rings. The van der Waals surface area contributed by atoms with Crippen LogP contribution in [0.1, 0.15) is 49.9 Å². The fourth-order valence-corrected chi connectivity index (χ4v) is 4.77. The van der Waals surface area contributed by atoms with Crippen molar-refractivity contribution < 1.29 is 9.18 Å². The molecule has 1 aromatic heterocycles. The first-order valence-corrected chi connectivity index (χ1v) is 11.4. The van der Waals surface area contributed by atoms with E-state index in [1.165, 1.54) is 5.56 Å². The first-order valence-electron chi connectivity index (χ1n) is 11.4. The van der Waals surface area contributed by atoms with E-state index in [4.69, 9.17) is 0 Å². The Hall–Kier alpha value is -2.21. The molecule has 3 rings (SSSR count). The third-order valence-corrected chi connectivity index (χ3v) is 6.51. The normalized spacial score (nSPS) is 16.3. The highest BCUT2D eigenvalue weighted by Crippen LogP contribution is 2.28. The molecule has 0 radical (unpaired) electrons. The molecular weight excluding hydrogens is 391 g/mol. The van der Waals surface area contributed by atoms with Crippen LogP contribution in [-0.2, 0) is 24.8 Å². The molecule has 2 heterocycles. The number of carbonyl (C=O) groups excluding carboxylic acids is 1. The average molecular weight is 429 g/mol. The van der Waals surface area contributed by atoms with Gasteiger partial charge in [-0.15, -0.1) is 0 Å². The largest absolute Gasteiger partial charge is 0.343 e. The summed E-state index contributed by atoms with van der Waals surface area (Å²) in [5, 5.41) is 4.47. The van der Waals surface area contributed by atoms with E-state index in [1.54, 1.807) is 12.1 Å². The Morgan fingerprint density at radius 2 is 1.90 bits per heavy atom. The van der Waals surface area contributed by atoms with Gasteiger partial charge in [0.15, 0.2) is 0 Å². The van der Waals surface area contributed by atoms with Crippen LogP contribution in [0, 0.1) is 24.6 Å². The van der Waals surface area contributed by atoms with E-state index < -0.39 is 0 Å². The number of carbonyl (C=O) groups is 1. The zero-order valence-electron chi connectivity index (χ0n) is 19.6. The number of aromatic nitrogens is 2. The molecule has 170 valence electrons. The third kappa shape index (κ3) is 6.16. The van der Waals surface area contributed by atoms with E-state index in [1.807, 2.05) is 35.7 Å². The monoisotopic (exact) mass is 428 g/mol. The van der Waals surface area contributed by atoms with Crippen LogP contribution in [0.5, 0.6) is 0 Å². The molecule has 6 heteroatoms. The molecule has 1 unspecified atom stereocenters. The molecular formula is C25H37FN4O. The molecule has 1 saturated heterocycles. The molecule has 1 aromatic carbocycles. The molecule has 31 heavy (non-hydrogen) atoms. The number of likely N-dealkylation sites (tertiary alicyclic amines) is 1. The van der Waals surface area contributed by atoms with E-state index in [-0.39, 0.29) is 17.8 Å². The lowest BCUT2D eigenvalue weighted by molar-refractivity contribution is -0.133. The predicted molar refractivity (Wildman–Crippen MR) is 122 cm³/mol. The molecule has 0 bridgehead atoms. The first-order chi connectivity index (χ1) is 14.7. The van der Waals surface area contributed by atoms with Gasteiger partial charge in [0.2, 0.25) is 5.91 Å². The third-order valence-electron chi connectivity index (χ3n) is 6.51. The Balaban J connectivity index is 1.74. The van der Waals surface area contributed by atoms with Crippen molar-refractivity contribution in [3.63, 3.8) is 0 Å². The van der Waals surface area contributed by atoms with Gasteiger partial charge < -0.3 is 4.90 Å². The van der Waals surface area contributed by atoms with E-state index in [9.17, 15) is 9.18 Å². The minimum Gasteiger partial charge on any atom is -0.343 e. The molecule has 1 amide bonds. The van der Waals surface area contributed by atoms with Crippen molar-refractivity contribution in [3.8, 4) is 0 Å². The van der Waals surface area contributed by atoms with Gasteiger partial charge in [0.25, 0.3) is 0 Å². The zero-order chi connectivity index (χ0) is 22.5. The second kappa shape index (κ2) is 10.4. The van der Waals surface area contributed by atoms with Crippen LogP contribution in [0.4, 0.5) is 4.39 Å². The van der Waals surface area contributed by atoms with Gasteiger partial charge in [-0.3, -0.25) is 14.4 Å². The van der Waals surface area contributed by atoms with Crippen molar-refractivity contribution in [3.05, 3.63) is 53.1 Å². The number of hydrogen-bond donors (Lipinski definition) is 0. The summed E-state index contributed by atoms with van der Waals surface area (Å²) in [5.74, 6) is 0.930. The van der Waals surface area contributed by atoms with Crippen molar-refractivity contribution in [2.24, 2.45) is 18.9 Å². The topological polar surface area (TPSA) is 41.4 Å². The second-order valence-corrected chi connectivity index (χ2v) is 9.51. The van der Waals surface area contributed by atoms with E-state index in [0.29, 0.717) is 24.7 Å². The minimum absolute atomic E-state index is 0.136. The molecule has 1 aliphatic heterocycles. The molecule has 1 fully saturated rings. The van der Waals surface area contributed by atoms with Crippen LogP contribution in [0.25, 0.3) is 0 Å². The summed E-state index contributed by atoms with van der Waals surface area (Å²) in [6, 6.07) is 7.31. The summed E-state index contributed by atoms with van der Waals surface area (Å²) < 4.78 is 16.3. The van der Waals surface area contributed by atoms with Gasteiger partial charge in [-0.05, 0) is 56.7 Å². The lowest BCUT2D eigenvalue weighted by Gasteiger charge is -2.40. The number of likely N-dealkylation sites (N-methyl/N-ethyl adjacent to an activating group) is 1. The number of hydrogen-bond acceptors (Lipinski definition) is 3. The maximum absolute atomic E-state index is 14.5. The van der Waals surface area contributed by atoms with Crippen LogP contribution in [-0.4, -0.2) is 51.7 Å². The number of aryl methyl sites for hydroxylation is 2. The maximum Gasteiger partial charge on any atom is 0.222 e. The maximum atomic E-state index is 14.5. The number of amides is 1. The minimum atomic E-state index is -0.136. The van der Waals surface area contributed by atoms with Gasteiger partial charge in [-0.25, -0.2) is 4.39 Å². The second-order valence-electron chi connectivity index (χ2n) is 9.51. The molecule has 1 aliphatic rings. The number of nitrogens with zero attached hydrogens (tertiary/aromatic N) is 4. The van der Waals surface area contributed by atoms with Crippen molar-refractivity contribution in [1.82, 2.24) is 19.6 Å². The highest BCUT2D eigenvalue weighted by atomic mass is 19.1. The lowest BCUT2D eigenvalue weighted by atomic mass is 9.84. The highest BCUT2D eigenvalue weighted by molar-refractivity contribution is 5.76. The highest BCUT2D eigenvalue weighted by Gasteiger charge is 2.31. The van der Waals surface area contributed by atoms with Gasteiger partial charge >= 0.3 is 0 Å². The number of piperidine rings is 1. The zero-order valence-corrected chi connectivity index (χ0v) is 19.6. The van der Waals surface area contributed by atoms with Crippen LogP contribution >= 0.6 is 0 Å². The van der Waals surface area contributed by atoms with Crippen molar-refractivity contribution in [2.75, 3.05) is 20.1 Å². The van der Waals surface area contributed by atoms with Crippen LogP contribution in [0.15, 0.2) is 30.5 Å². The molecule has 0 N–H and O–H groups in total. The van der Waals surface area contributed by atoms with E-state index in [0.717, 1.165) is 43.7 Å². The summed E-state index contributed by atoms with van der Waals surface area (Å²) in [4.78, 5) is 16.9. The van der Waals surface area contributed by atoms with Crippen molar-refractivity contribution in [1.29, 1.82) is 0 Å². The SMILES string of the molecule is Cc1nn(C)cc1CN(C)C(Cc1ccccc1F)C1CCN(C(=O)CC(C)C)CC1. The van der Waals surface area contributed by atoms with Gasteiger partial charge in [0.1, 0.15) is 5.82 Å². The Morgan fingerprint density at radius 3 is 2.48 bits per heavy atom. The van der Waals surface area contributed by atoms with Crippen molar-refractivity contribution in [2.45, 2.75) is 59.0 Å². The van der Waals surface area contributed by atoms with Gasteiger partial charge in [-0.1, -0.05) is 32.0 Å². The standard InChI is InChI=1S/C25H37FN4O/c1-18(2)14-25(31)30-12-10-20(11-13-30)24(15-21-8-6-7-9-23(21)26)28(4)16-22-17-29(5)27-19(22)3/h6-9,17-18,20,24H,10-16H2,1-5H3. The molecule has 0 spiro atoms. The molecule has 0 aliphatic carbocycles. The Labute approximate surface area is 186 Å². The van der Waals surface area contributed by atoms with Gasteiger partial charge in [0.05, 0.1) is 5.69 Å². The van der Waals surface area contributed by atoms with Crippen LogP contribution < -0.4 is 0 Å². The van der Waals surface area contributed by atoms with Crippen LogP contribution in [0.3, 0.4) is 0 Å². The molecule has 1 atom stereocenters. The average Bonchev–Trinajstić information content (AvgIpc) is 3.03. The Morgan fingerprint density at radius 1 is 1.23 bits per heavy atom. The number of rotatable bonds is 8. The van der Waals surface area contributed by atoms with E-state index >= 15 is 0 Å². The Kier molecular flexibility index (Phi) is 7.87.